The molecular formula is C15H17ClN4O. The third-order valence-corrected chi connectivity index (χ3v) is 3.84. The van der Waals surface area contributed by atoms with E-state index in [-0.39, 0.29) is 6.10 Å². The Kier molecular flexibility index (Phi) is 3.94. The van der Waals surface area contributed by atoms with Crippen LogP contribution in [0.2, 0.25) is 5.02 Å². The molecule has 1 fully saturated rings. The molecule has 1 atom stereocenters. The van der Waals surface area contributed by atoms with Crippen molar-refractivity contribution in [2.24, 2.45) is 0 Å². The number of ether oxygens (including phenoxy) is 1. The maximum Gasteiger partial charge on any atom is 0.227 e. The number of aryl methyl sites for hydroxylation is 1. The molecule has 0 unspecified atom stereocenters. The van der Waals surface area contributed by atoms with Crippen LogP contribution >= 0.6 is 11.6 Å². The second kappa shape index (κ2) is 5.87. The maximum absolute atomic E-state index is 5.92. The fraction of sp³-hybridized carbons (Fsp3) is 0.333. The summed E-state index contributed by atoms with van der Waals surface area (Å²) in [5, 5.41) is 0.723. The van der Waals surface area contributed by atoms with Crippen LogP contribution in [0.15, 0.2) is 30.5 Å². The number of nitrogen functional groups attached to an aromatic ring is 1. The Labute approximate surface area is 128 Å². The van der Waals surface area contributed by atoms with Gasteiger partial charge in [-0.1, -0.05) is 23.7 Å². The van der Waals surface area contributed by atoms with E-state index in [1.165, 1.54) is 0 Å². The largest absolute Gasteiger partial charge is 0.383 e. The molecule has 2 aromatic rings. The highest BCUT2D eigenvalue weighted by atomic mass is 35.5. The number of halogens is 1. The van der Waals surface area contributed by atoms with Gasteiger partial charge >= 0.3 is 0 Å². The summed E-state index contributed by atoms with van der Waals surface area (Å²) < 4.78 is 5.84. The minimum Gasteiger partial charge on any atom is -0.383 e. The highest BCUT2D eigenvalue weighted by Crippen LogP contribution is 2.25. The average molecular weight is 305 g/mol. The SMILES string of the molecule is Cc1cnc(N2CCO[C@@H](c3ccc(Cl)cc3)C2)nc1N. The predicted octanol–water partition coefficient (Wildman–Crippen LogP) is 2.60. The van der Waals surface area contributed by atoms with Crippen LogP contribution in [-0.4, -0.2) is 29.7 Å². The minimum atomic E-state index is -0.0119. The number of anilines is 2. The van der Waals surface area contributed by atoms with Crippen LogP contribution < -0.4 is 10.6 Å². The zero-order valence-corrected chi connectivity index (χ0v) is 12.5. The lowest BCUT2D eigenvalue weighted by atomic mass is 10.1. The topological polar surface area (TPSA) is 64.3 Å². The number of morpholine rings is 1. The molecule has 0 amide bonds. The van der Waals surface area contributed by atoms with Gasteiger partial charge in [0, 0.05) is 23.3 Å². The smallest absolute Gasteiger partial charge is 0.227 e. The van der Waals surface area contributed by atoms with Crippen LogP contribution in [0.5, 0.6) is 0 Å². The van der Waals surface area contributed by atoms with E-state index in [0.29, 0.717) is 24.9 Å². The molecule has 0 bridgehead atoms. The Balaban J connectivity index is 1.79. The van der Waals surface area contributed by atoms with Gasteiger partial charge in [-0.05, 0) is 24.6 Å². The summed E-state index contributed by atoms with van der Waals surface area (Å²) in [4.78, 5) is 10.8. The van der Waals surface area contributed by atoms with Gasteiger partial charge in [-0.25, -0.2) is 4.98 Å². The van der Waals surface area contributed by atoms with Gasteiger partial charge in [0.05, 0.1) is 13.2 Å². The molecule has 2 N–H and O–H groups in total. The fourth-order valence-electron chi connectivity index (χ4n) is 2.31. The first kappa shape index (κ1) is 14.1. The van der Waals surface area contributed by atoms with Crippen molar-refractivity contribution < 1.29 is 4.74 Å². The van der Waals surface area contributed by atoms with Gasteiger partial charge in [-0.3, -0.25) is 0 Å². The van der Waals surface area contributed by atoms with Gasteiger partial charge in [-0.2, -0.15) is 4.98 Å². The Bertz CT molecular complexity index is 632. The van der Waals surface area contributed by atoms with Crippen LogP contribution in [0.3, 0.4) is 0 Å². The molecule has 0 spiro atoms. The lowest BCUT2D eigenvalue weighted by molar-refractivity contribution is 0.0392. The van der Waals surface area contributed by atoms with Gasteiger partial charge in [-0.15, -0.1) is 0 Å². The number of benzene rings is 1. The van der Waals surface area contributed by atoms with Crippen LogP contribution in [0.4, 0.5) is 11.8 Å². The number of rotatable bonds is 2. The van der Waals surface area contributed by atoms with Crippen molar-refractivity contribution in [3.8, 4) is 0 Å². The third-order valence-electron chi connectivity index (χ3n) is 3.59. The third kappa shape index (κ3) is 3.09. The molecule has 1 aliphatic heterocycles. The predicted molar refractivity (Wildman–Crippen MR) is 83.5 cm³/mol. The number of aromatic nitrogens is 2. The van der Waals surface area contributed by atoms with Gasteiger partial charge in [0.25, 0.3) is 0 Å². The summed E-state index contributed by atoms with van der Waals surface area (Å²) in [5.74, 6) is 1.18. The lowest BCUT2D eigenvalue weighted by Gasteiger charge is -2.33. The number of nitrogens with zero attached hydrogens (tertiary/aromatic N) is 3. The van der Waals surface area contributed by atoms with E-state index < -0.39 is 0 Å². The first-order valence-electron chi connectivity index (χ1n) is 6.84. The molecule has 0 saturated carbocycles. The molecule has 0 radical (unpaired) electrons. The summed E-state index contributed by atoms with van der Waals surface area (Å²) >= 11 is 5.92. The van der Waals surface area contributed by atoms with E-state index in [9.17, 15) is 0 Å². The summed E-state index contributed by atoms with van der Waals surface area (Å²) in [6, 6.07) is 7.72. The van der Waals surface area contributed by atoms with E-state index in [0.717, 1.165) is 22.7 Å². The molecule has 1 aromatic carbocycles. The molecule has 110 valence electrons. The highest BCUT2D eigenvalue weighted by molar-refractivity contribution is 6.30. The van der Waals surface area contributed by atoms with E-state index in [4.69, 9.17) is 22.1 Å². The van der Waals surface area contributed by atoms with Gasteiger partial charge < -0.3 is 15.4 Å². The molecule has 6 heteroatoms. The van der Waals surface area contributed by atoms with Crippen LogP contribution in [0.1, 0.15) is 17.2 Å². The summed E-state index contributed by atoms with van der Waals surface area (Å²) in [5.41, 5.74) is 7.86. The Morgan fingerprint density at radius 1 is 1.33 bits per heavy atom. The van der Waals surface area contributed by atoms with E-state index >= 15 is 0 Å². The van der Waals surface area contributed by atoms with Gasteiger partial charge in [0.1, 0.15) is 11.9 Å². The van der Waals surface area contributed by atoms with E-state index in [1.54, 1.807) is 6.20 Å². The van der Waals surface area contributed by atoms with Gasteiger partial charge in [0.15, 0.2) is 0 Å². The molecule has 3 rings (SSSR count). The quantitative estimate of drug-likeness (QED) is 0.924. The minimum absolute atomic E-state index is 0.0119. The van der Waals surface area contributed by atoms with Crippen molar-refractivity contribution in [3.05, 3.63) is 46.6 Å². The van der Waals surface area contributed by atoms with Crippen molar-refractivity contribution in [1.29, 1.82) is 0 Å². The normalized spacial score (nSPS) is 18.8. The molecule has 1 aromatic heterocycles. The fourth-order valence-corrected chi connectivity index (χ4v) is 2.43. The zero-order chi connectivity index (χ0) is 14.8. The Hall–Kier alpha value is -1.85. The van der Waals surface area contributed by atoms with Crippen molar-refractivity contribution in [2.75, 3.05) is 30.3 Å². The molecule has 21 heavy (non-hydrogen) atoms. The molecule has 1 saturated heterocycles. The van der Waals surface area contributed by atoms with Crippen LogP contribution in [-0.2, 0) is 4.74 Å². The second-order valence-electron chi connectivity index (χ2n) is 5.10. The highest BCUT2D eigenvalue weighted by Gasteiger charge is 2.24. The van der Waals surface area contributed by atoms with Crippen LogP contribution in [0, 0.1) is 6.92 Å². The molecule has 0 aliphatic carbocycles. The average Bonchev–Trinajstić information content (AvgIpc) is 2.51. The van der Waals surface area contributed by atoms with Crippen molar-refractivity contribution in [3.63, 3.8) is 0 Å². The lowest BCUT2D eigenvalue weighted by Crippen LogP contribution is -2.39. The van der Waals surface area contributed by atoms with Crippen molar-refractivity contribution >= 4 is 23.4 Å². The van der Waals surface area contributed by atoms with Crippen molar-refractivity contribution in [1.82, 2.24) is 9.97 Å². The number of nitrogens with two attached hydrogens (primary N) is 1. The molecular weight excluding hydrogens is 288 g/mol. The van der Waals surface area contributed by atoms with Gasteiger partial charge in [0.2, 0.25) is 5.95 Å². The first-order valence-corrected chi connectivity index (χ1v) is 7.22. The Morgan fingerprint density at radius 2 is 2.10 bits per heavy atom. The Morgan fingerprint density at radius 3 is 2.81 bits per heavy atom. The number of hydrogen-bond donors (Lipinski definition) is 1. The summed E-state index contributed by atoms with van der Waals surface area (Å²) in [7, 11) is 0. The second-order valence-corrected chi connectivity index (χ2v) is 5.53. The zero-order valence-electron chi connectivity index (χ0n) is 11.8. The molecule has 2 heterocycles. The van der Waals surface area contributed by atoms with Crippen LogP contribution in [0.25, 0.3) is 0 Å². The van der Waals surface area contributed by atoms with E-state index in [1.807, 2.05) is 31.2 Å². The van der Waals surface area contributed by atoms with Crippen molar-refractivity contribution in [2.45, 2.75) is 13.0 Å². The summed E-state index contributed by atoms with van der Waals surface area (Å²) in [6.07, 6.45) is 1.74. The van der Waals surface area contributed by atoms with E-state index in [2.05, 4.69) is 14.9 Å². The standard InChI is InChI=1S/C15H17ClN4O/c1-10-8-18-15(19-14(10)17)20-6-7-21-13(9-20)11-2-4-12(16)5-3-11/h2-5,8,13H,6-7,9H2,1H3,(H2,17,18,19)/t13-/m1/s1. The number of hydrogen-bond acceptors (Lipinski definition) is 5. The maximum atomic E-state index is 5.92. The summed E-state index contributed by atoms with van der Waals surface area (Å²) in [6.45, 7) is 3.98. The monoisotopic (exact) mass is 304 g/mol. The molecule has 1 aliphatic rings. The first-order chi connectivity index (χ1) is 10.1. The molecule has 5 nitrogen and oxygen atoms in total.